The molecule has 0 spiro atoms. The van der Waals surface area contributed by atoms with Crippen LogP contribution in [-0.2, 0) is 6.42 Å². The number of rotatable bonds is 11. The van der Waals surface area contributed by atoms with E-state index >= 15 is 0 Å². The molecule has 0 unspecified atom stereocenters. The predicted molar refractivity (Wildman–Crippen MR) is 193 cm³/mol. The number of fused-ring (bicyclic) bond motifs is 4. The highest BCUT2D eigenvalue weighted by molar-refractivity contribution is 8.03. The zero-order valence-corrected chi connectivity index (χ0v) is 27.4. The monoisotopic (exact) mass is 611 g/mol. The third-order valence-corrected chi connectivity index (χ3v) is 11.5. The predicted octanol–water partition coefficient (Wildman–Crippen LogP) is 11.5. The van der Waals surface area contributed by atoms with E-state index in [0.717, 1.165) is 19.4 Å². The number of allylic oxidation sites excluding steroid dienone is 2. The summed E-state index contributed by atoms with van der Waals surface area (Å²) in [5.74, 6) is 2.39. The second-order valence-corrected chi connectivity index (χ2v) is 14.7. The van der Waals surface area contributed by atoms with Gasteiger partial charge in [0.25, 0.3) is 0 Å². The first-order valence-corrected chi connectivity index (χ1v) is 18.9. The number of thioether (sulfide) groups is 3. The molecule has 5 heteroatoms. The van der Waals surface area contributed by atoms with E-state index < -0.39 is 0 Å². The Bertz CT molecular complexity index is 1750. The van der Waals surface area contributed by atoms with Crippen molar-refractivity contribution >= 4 is 90.0 Å². The molecule has 0 saturated heterocycles. The number of aryl methyl sites for hydroxylation is 1. The normalized spacial score (nSPS) is 14.7. The van der Waals surface area contributed by atoms with E-state index in [1.165, 1.54) is 87.6 Å². The van der Waals surface area contributed by atoms with E-state index in [4.69, 9.17) is 0 Å². The fourth-order valence-electron chi connectivity index (χ4n) is 5.68. The lowest BCUT2D eigenvalue weighted by molar-refractivity contribution is 0.881. The molecule has 1 nitrogen and oxygen atoms in total. The highest BCUT2D eigenvalue weighted by Crippen LogP contribution is 2.48. The summed E-state index contributed by atoms with van der Waals surface area (Å²) < 4.78 is 1.41. The van der Waals surface area contributed by atoms with Gasteiger partial charge in [0, 0.05) is 21.0 Å². The van der Waals surface area contributed by atoms with Crippen LogP contribution in [0.2, 0.25) is 0 Å². The van der Waals surface area contributed by atoms with Crippen LogP contribution in [0.15, 0.2) is 94.4 Å². The molecule has 0 bridgehead atoms. The summed E-state index contributed by atoms with van der Waals surface area (Å²) in [6.45, 7) is 3.36. The third kappa shape index (κ3) is 6.24. The molecule has 6 rings (SSSR count). The van der Waals surface area contributed by atoms with Gasteiger partial charge in [-0.25, -0.2) is 0 Å². The Balaban J connectivity index is 1.41. The molecule has 0 fully saturated rings. The average Bonchev–Trinajstić information content (AvgIpc) is 3.50. The van der Waals surface area contributed by atoms with Crippen molar-refractivity contribution < 1.29 is 0 Å². The van der Waals surface area contributed by atoms with Crippen LogP contribution in [-0.4, -0.2) is 30.6 Å². The largest absolute Gasteiger partial charge is 0.335 e. The molecule has 1 aliphatic rings. The zero-order valence-electron chi connectivity index (χ0n) is 24.1. The van der Waals surface area contributed by atoms with E-state index in [1.807, 2.05) is 46.6 Å². The number of hydrogen-bond donors (Lipinski definition) is 0. The molecule has 0 amide bonds. The molecule has 210 valence electrons. The third-order valence-electron chi connectivity index (χ3n) is 7.83. The molecule has 0 radical (unpaired) electrons. The number of benzene rings is 4. The lowest BCUT2D eigenvalue weighted by Crippen LogP contribution is -2.19. The molecule has 0 atom stereocenters. The van der Waals surface area contributed by atoms with Crippen LogP contribution in [0.25, 0.3) is 37.7 Å². The maximum absolute atomic E-state index is 2.57. The Morgan fingerprint density at radius 2 is 1.49 bits per heavy atom. The first-order chi connectivity index (χ1) is 20.2. The van der Waals surface area contributed by atoms with Gasteiger partial charge in [0.1, 0.15) is 0 Å². The Morgan fingerprint density at radius 1 is 0.829 bits per heavy atom. The summed E-state index contributed by atoms with van der Waals surface area (Å²) in [7, 11) is 0. The van der Waals surface area contributed by atoms with Crippen molar-refractivity contribution in [1.82, 2.24) is 0 Å². The van der Waals surface area contributed by atoms with Gasteiger partial charge in [0.05, 0.1) is 10.7 Å². The summed E-state index contributed by atoms with van der Waals surface area (Å²) in [6, 6.07) is 27.2. The smallest absolute Gasteiger partial charge is 0.0804 e. The highest BCUT2D eigenvalue weighted by Gasteiger charge is 2.25. The highest BCUT2D eigenvalue weighted by atomic mass is 32.2. The van der Waals surface area contributed by atoms with Gasteiger partial charge in [-0.15, -0.1) is 11.3 Å². The minimum Gasteiger partial charge on any atom is -0.335 e. The topological polar surface area (TPSA) is 3.24 Å². The lowest BCUT2D eigenvalue weighted by Gasteiger charge is -2.21. The van der Waals surface area contributed by atoms with E-state index in [1.54, 1.807) is 0 Å². The van der Waals surface area contributed by atoms with Gasteiger partial charge in [-0.1, -0.05) is 67.2 Å². The van der Waals surface area contributed by atoms with Crippen molar-refractivity contribution in [3.05, 3.63) is 99.9 Å². The Kier molecular flexibility index (Phi) is 9.36. The molecule has 0 N–H and O–H groups in total. The summed E-state index contributed by atoms with van der Waals surface area (Å²) >= 11 is 7.80. The van der Waals surface area contributed by atoms with Crippen LogP contribution in [0, 0.1) is 0 Å². The Hall–Kier alpha value is -2.31. The number of thiophene rings is 1. The van der Waals surface area contributed by atoms with Crippen LogP contribution in [0.3, 0.4) is 0 Å². The van der Waals surface area contributed by atoms with Crippen LogP contribution in [0.5, 0.6) is 0 Å². The standard InChI is InChI=1S/C36H37NS4/c1-4-25(19-33-30(15-9-17-38-2)31-21-26-11-5-7-13-28(26)23-34(31)40-33)20-36-37(16-10-18-39-3)32-22-27-12-6-8-14-29(27)24-35(32)41-36/h5-8,11-14,19-24H,4,9-10,15-18H2,1-3H3/b25-19-,36-20+. The maximum Gasteiger partial charge on any atom is 0.0804 e. The molecule has 0 saturated carbocycles. The van der Waals surface area contributed by atoms with Crippen molar-refractivity contribution in [1.29, 1.82) is 0 Å². The molecule has 5 aromatic rings. The second kappa shape index (κ2) is 13.3. The minimum absolute atomic E-state index is 1.02. The van der Waals surface area contributed by atoms with Gasteiger partial charge in [0.15, 0.2) is 0 Å². The van der Waals surface area contributed by atoms with Crippen molar-refractivity contribution in [2.45, 2.75) is 37.5 Å². The Morgan fingerprint density at radius 3 is 2.20 bits per heavy atom. The van der Waals surface area contributed by atoms with Gasteiger partial charge < -0.3 is 4.90 Å². The van der Waals surface area contributed by atoms with Crippen molar-refractivity contribution in [3.63, 3.8) is 0 Å². The van der Waals surface area contributed by atoms with E-state index in [2.05, 4.69) is 109 Å². The number of anilines is 1. The first-order valence-electron chi connectivity index (χ1n) is 14.5. The van der Waals surface area contributed by atoms with Gasteiger partial charge >= 0.3 is 0 Å². The lowest BCUT2D eigenvalue weighted by atomic mass is 10.0. The zero-order chi connectivity index (χ0) is 28.2. The first kappa shape index (κ1) is 28.8. The van der Waals surface area contributed by atoms with Crippen LogP contribution >= 0.6 is 46.6 Å². The van der Waals surface area contributed by atoms with Crippen LogP contribution in [0.1, 0.15) is 36.6 Å². The SMILES string of the molecule is CCC(=C/c1sc2cc3ccccc3cc2c1CCCSC)/C=C1/Sc2cc3ccccc3cc2N1CCCSC. The van der Waals surface area contributed by atoms with Crippen LogP contribution < -0.4 is 4.90 Å². The summed E-state index contributed by atoms with van der Waals surface area (Å²) in [5.41, 5.74) is 4.30. The van der Waals surface area contributed by atoms with Crippen molar-refractivity contribution in [3.8, 4) is 0 Å². The maximum atomic E-state index is 2.57. The molecule has 4 aromatic carbocycles. The minimum atomic E-state index is 1.02. The number of hydrogen-bond acceptors (Lipinski definition) is 5. The van der Waals surface area contributed by atoms with Gasteiger partial charge in [-0.05, 0) is 124 Å². The molecular weight excluding hydrogens is 575 g/mol. The van der Waals surface area contributed by atoms with Crippen LogP contribution in [0.4, 0.5) is 5.69 Å². The fraction of sp³-hybridized carbons (Fsp3) is 0.278. The van der Waals surface area contributed by atoms with Gasteiger partial charge in [0.2, 0.25) is 0 Å². The molecule has 2 heterocycles. The van der Waals surface area contributed by atoms with Crippen molar-refractivity contribution in [2.75, 3.05) is 35.5 Å². The van der Waals surface area contributed by atoms with E-state index in [0.29, 0.717) is 0 Å². The molecule has 1 aliphatic heterocycles. The second-order valence-electron chi connectivity index (χ2n) is 10.6. The quantitative estimate of drug-likeness (QED) is 0.137. The van der Waals surface area contributed by atoms with Crippen molar-refractivity contribution in [2.24, 2.45) is 0 Å². The number of nitrogens with zero attached hydrogens (tertiary/aromatic N) is 1. The molecule has 0 aliphatic carbocycles. The molecular formula is C36H37NS4. The summed E-state index contributed by atoms with van der Waals surface area (Å²) in [6.07, 6.45) is 13.9. The Labute approximate surface area is 261 Å². The van der Waals surface area contributed by atoms with E-state index in [9.17, 15) is 0 Å². The summed E-state index contributed by atoms with van der Waals surface area (Å²) in [4.78, 5) is 5.38. The fourth-order valence-corrected chi connectivity index (χ4v) is 8.99. The molecule has 1 aromatic heterocycles. The average molecular weight is 612 g/mol. The molecule has 41 heavy (non-hydrogen) atoms. The van der Waals surface area contributed by atoms with Gasteiger partial charge in [-0.2, -0.15) is 23.5 Å². The van der Waals surface area contributed by atoms with Gasteiger partial charge in [-0.3, -0.25) is 0 Å². The van der Waals surface area contributed by atoms with E-state index in [-0.39, 0.29) is 0 Å². The summed E-state index contributed by atoms with van der Waals surface area (Å²) in [5, 5.41) is 8.12.